The third-order valence-corrected chi connectivity index (χ3v) is 2.30. The van der Waals surface area contributed by atoms with Gasteiger partial charge in [0.2, 0.25) is 11.8 Å². The van der Waals surface area contributed by atoms with Crippen LogP contribution in [-0.2, 0) is 9.59 Å². The number of anilines is 1. The van der Waals surface area contributed by atoms with Crippen molar-refractivity contribution < 1.29 is 18.4 Å². The highest BCUT2D eigenvalue weighted by Gasteiger charge is 2.12. The molecule has 0 aliphatic rings. The zero-order chi connectivity index (χ0) is 13.7. The van der Waals surface area contributed by atoms with Crippen molar-refractivity contribution in [3.05, 3.63) is 29.8 Å². The van der Waals surface area contributed by atoms with E-state index in [9.17, 15) is 18.4 Å². The van der Waals surface area contributed by atoms with Crippen LogP contribution in [0.25, 0.3) is 0 Å². The summed E-state index contributed by atoms with van der Waals surface area (Å²) in [5.41, 5.74) is -0.00998. The van der Waals surface area contributed by atoms with E-state index in [0.29, 0.717) is 6.07 Å². The first kappa shape index (κ1) is 14.4. The normalized spacial score (nSPS) is 10.0. The third kappa shape index (κ3) is 4.29. The van der Waals surface area contributed by atoms with Gasteiger partial charge in [0, 0.05) is 18.8 Å². The fourth-order valence-electron chi connectivity index (χ4n) is 1.23. The summed E-state index contributed by atoms with van der Waals surface area (Å²) in [5, 5.41) is 2.28. The molecule has 0 heterocycles. The summed E-state index contributed by atoms with van der Waals surface area (Å²) in [6, 6.07) is 2.65. The first-order valence-corrected chi connectivity index (χ1v) is 5.51. The number of hydrogen-bond donors (Lipinski definition) is 1. The first-order chi connectivity index (χ1) is 8.42. The molecule has 1 aromatic rings. The summed E-state index contributed by atoms with van der Waals surface area (Å²) in [5.74, 6) is -2.82. The van der Waals surface area contributed by atoms with E-state index in [0.717, 1.165) is 17.0 Å². The monoisotopic (exact) mass is 276 g/mol. The van der Waals surface area contributed by atoms with E-state index in [4.69, 9.17) is 11.6 Å². The Morgan fingerprint density at radius 1 is 1.28 bits per heavy atom. The van der Waals surface area contributed by atoms with Crippen molar-refractivity contribution in [3.8, 4) is 0 Å². The van der Waals surface area contributed by atoms with E-state index >= 15 is 0 Å². The zero-order valence-corrected chi connectivity index (χ0v) is 10.3. The molecular weight excluding hydrogens is 266 g/mol. The Kier molecular flexibility index (Phi) is 5.03. The van der Waals surface area contributed by atoms with E-state index in [-0.39, 0.29) is 18.1 Å². The molecule has 0 aliphatic carbocycles. The molecule has 0 aromatic heterocycles. The molecule has 0 saturated heterocycles. The number of likely N-dealkylation sites (N-methyl/N-ethyl adjacent to an activating group) is 1. The molecule has 1 aromatic carbocycles. The van der Waals surface area contributed by atoms with Crippen LogP contribution in [0, 0.1) is 11.6 Å². The largest absolute Gasteiger partial charge is 0.335 e. The molecule has 0 bridgehead atoms. The minimum absolute atomic E-state index is 0.00998. The van der Waals surface area contributed by atoms with Gasteiger partial charge in [0.25, 0.3) is 0 Å². The highest BCUT2D eigenvalue weighted by atomic mass is 35.5. The van der Waals surface area contributed by atoms with Crippen LogP contribution in [-0.4, -0.2) is 36.2 Å². The molecular formula is C11H11ClF2N2O2. The van der Waals surface area contributed by atoms with Gasteiger partial charge in [-0.15, -0.1) is 11.6 Å². The van der Waals surface area contributed by atoms with Gasteiger partial charge >= 0.3 is 0 Å². The molecule has 0 spiro atoms. The van der Waals surface area contributed by atoms with Gasteiger partial charge in [-0.1, -0.05) is 0 Å². The van der Waals surface area contributed by atoms with Gasteiger partial charge in [-0.3, -0.25) is 9.59 Å². The van der Waals surface area contributed by atoms with Gasteiger partial charge in [0.05, 0.1) is 6.54 Å². The van der Waals surface area contributed by atoms with Crippen LogP contribution in [0.2, 0.25) is 0 Å². The molecule has 0 fully saturated rings. The Hall–Kier alpha value is -1.69. The Balaban J connectivity index is 2.62. The molecule has 98 valence electrons. The van der Waals surface area contributed by atoms with Crippen molar-refractivity contribution in [2.45, 2.75) is 0 Å². The summed E-state index contributed by atoms with van der Waals surface area (Å²) < 4.78 is 25.7. The third-order valence-electron chi connectivity index (χ3n) is 2.07. The fourth-order valence-corrected chi connectivity index (χ4v) is 1.44. The molecule has 0 aliphatic heterocycles. The number of nitrogens with one attached hydrogen (secondary N) is 1. The molecule has 2 amide bonds. The minimum atomic E-state index is -0.796. The van der Waals surface area contributed by atoms with Crippen LogP contribution in [0.4, 0.5) is 14.5 Å². The van der Waals surface area contributed by atoms with E-state index < -0.39 is 23.4 Å². The molecule has 1 N–H and O–H groups in total. The summed E-state index contributed by atoms with van der Waals surface area (Å²) in [6.45, 7) is -0.246. The summed E-state index contributed by atoms with van der Waals surface area (Å²) in [7, 11) is 1.40. The number of benzene rings is 1. The van der Waals surface area contributed by atoms with Gasteiger partial charge in [0.1, 0.15) is 17.5 Å². The maximum Gasteiger partial charge on any atom is 0.243 e. The Labute approximate surface area is 108 Å². The van der Waals surface area contributed by atoms with Crippen molar-refractivity contribution in [2.75, 3.05) is 24.8 Å². The maximum absolute atomic E-state index is 12.9. The average molecular weight is 277 g/mol. The predicted octanol–water partition coefficient (Wildman–Crippen LogP) is 1.60. The lowest BCUT2D eigenvalue weighted by Crippen LogP contribution is -2.35. The van der Waals surface area contributed by atoms with Crippen LogP contribution >= 0.6 is 11.6 Å². The van der Waals surface area contributed by atoms with Gasteiger partial charge in [-0.2, -0.15) is 0 Å². The average Bonchev–Trinajstić information content (AvgIpc) is 2.25. The number of rotatable bonds is 4. The number of alkyl halides is 1. The zero-order valence-electron chi connectivity index (χ0n) is 9.54. The second-order valence-corrected chi connectivity index (χ2v) is 3.86. The lowest BCUT2D eigenvalue weighted by Gasteiger charge is -2.15. The van der Waals surface area contributed by atoms with E-state index in [1.165, 1.54) is 7.05 Å². The maximum atomic E-state index is 12.9. The van der Waals surface area contributed by atoms with Gasteiger partial charge < -0.3 is 10.2 Å². The molecule has 7 heteroatoms. The fraction of sp³-hybridized carbons (Fsp3) is 0.273. The number of amides is 2. The summed E-state index contributed by atoms with van der Waals surface area (Å²) >= 11 is 5.31. The second-order valence-electron chi connectivity index (χ2n) is 3.59. The quantitative estimate of drug-likeness (QED) is 0.849. The van der Waals surface area contributed by atoms with Crippen molar-refractivity contribution >= 4 is 29.1 Å². The highest BCUT2D eigenvalue weighted by molar-refractivity contribution is 6.27. The van der Waals surface area contributed by atoms with E-state index in [1.807, 2.05) is 0 Å². The lowest BCUT2D eigenvalue weighted by atomic mass is 10.3. The SMILES string of the molecule is CN(CC(=O)Nc1cc(F)cc(F)c1)C(=O)CCl. The molecule has 0 saturated carbocycles. The Morgan fingerprint density at radius 3 is 2.33 bits per heavy atom. The van der Waals surface area contributed by atoms with Crippen molar-refractivity contribution in [3.63, 3.8) is 0 Å². The van der Waals surface area contributed by atoms with Gasteiger partial charge in [0.15, 0.2) is 0 Å². The van der Waals surface area contributed by atoms with Crippen LogP contribution in [0.5, 0.6) is 0 Å². The standard InChI is InChI=1S/C11H11ClF2N2O2/c1-16(11(18)5-12)6-10(17)15-9-3-7(13)2-8(14)4-9/h2-4H,5-6H2,1H3,(H,15,17). The highest BCUT2D eigenvalue weighted by Crippen LogP contribution is 2.12. The lowest BCUT2D eigenvalue weighted by molar-refractivity contribution is -0.131. The van der Waals surface area contributed by atoms with Crippen LogP contribution in [0.1, 0.15) is 0 Å². The minimum Gasteiger partial charge on any atom is -0.335 e. The Bertz CT molecular complexity index is 448. The topological polar surface area (TPSA) is 49.4 Å². The molecule has 4 nitrogen and oxygen atoms in total. The van der Waals surface area contributed by atoms with Crippen LogP contribution in [0.15, 0.2) is 18.2 Å². The number of carbonyl (C=O) groups is 2. The molecule has 0 unspecified atom stereocenters. The molecule has 18 heavy (non-hydrogen) atoms. The van der Waals surface area contributed by atoms with Crippen molar-refractivity contribution in [1.29, 1.82) is 0 Å². The summed E-state index contributed by atoms with van der Waals surface area (Å²) in [6.07, 6.45) is 0. The second kappa shape index (κ2) is 6.30. The van der Waals surface area contributed by atoms with Crippen molar-refractivity contribution in [1.82, 2.24) is 4.90 Å². The number of hydrogen-bond acceptors (Lipinski definition) is 2. The van der Waals surface area contributed by atoms with Crippen LogP contribution < -0.4 is 5.32 Å². The molecule has 1 rings (SSSR count). The number of nitrogens with zero attached hydrogens (tertiary/aromatic N) is 1. The molecule has 0 atom stereocenters. The van der Waals surface area contributed by atoms with E-state index in [2.05, 4.69) is 5.32 Å². The van der Waals surface area contributed by atoms with Gasteiger partial charge in [-0.05, 0) is 12.1 Å². The predicted molar refractivity (Wildman–Crippen MR) is 63.3 cm³/mol. The first-order valence-electron chi connectivity index (χ1n) is 4.98. The van der Waals surface area contributed by atoms with E-state index in [1.54, 1.807) is 0 Å². The number of carbonyl (C=O) groups excluding carboxylic acids is 2. The number of halogens is 3. The van der Waals surface area contributed by atoms with Gasteiger partial charge in [-0.25, -0.2) is 8.78 Å². The van der Waals surface area contributed by atoms with Crippen LogP contribution in [0.3, 0.4) is 0 Å². The van der Waals surface area contributed by atoms with Crippen molar-refractivity contribution in [2.24, 2.45) is 0 Å². The smallest absolute Gasteiger partial charge is 0.243 e. The molecule has 0 radical (unpaired) electrons. The summed E-state index contributed by atoms with van der Waals surface area (Å²) in [4.78, 5) is 23.7. The Morgan fingerprint density at radius 2 is 1.83 bits per heavy atom.